The van der Waals surface area contributed by atoms with Gasteiger partial charge in [0, 0.05) is 34.6 Å². The third-order valence-corrected chi connectivity index (χ3v) is 5.32. The predicted molar refractivity (Wildman–Crippen MR) is 118 cm³/mol. The first kappa shape index (κ1) is 19.5. The number of aromatic hydroxyl groups is 2. The van der Waals surface area contributed by atoms with Crippen molar-refractivity contribution < 1.29 is 14.9 Å². The smallest absolute Gasteiger partial charge is 0.126 e. The van der Waals surface area contributed by atoms with Crippen molar-refractivity contribution in [3.05, 3.63) is 78.1 Å². The van der Waals surface area contributed by atoms with Crippen molar-refractivity contribution >= 4 is 0 Å². The normalized spacial score (nSPS) is 10.8. The molecular formula is C25H22N2O3. The number of benzene rings is 2. The molecule has 2 N–H and O–H groups in total. The minimum absolute atomic E-state index is 0.168. The Morgan fingerprint density at radius 3 is 1.93 bits per heavy atom. The molecule has 0 radical (unpaired) electrons. The summed E-state index contributed by atoms with van der Waals surface area (Å²) < 4.78 is 5.23. The number of ether oxygens (including phenoxy) is 1. The van der Waals surface area contributed by atoms with E-state index < -0.39 is 0 Å². The van der Waals surface area contributed by atoms with Crippen LogP contribution in [0.3, 0.4) is 0 Å². The second-order valence-corrected chi connectivity index (χ2v) is 7.15. The van der Waals surface area contributed by atoms with Gasteiger partial charge in [0.2, 0.25) is 0 Å². The summed E-state index contributed by atoms with van der Waals surface area (Å²) in [7, 11) is 1.59. The van der Waals surface area contributed by atoms with Gasteiger partial charge in [-0.1, -0.05) is 24.3 Å². The zero-order valence-corrected chi connectivity index (χ0v) is 17.0. The average Bonchev–Trinajstić information content (AvgIpc) is 2.78. The Balaban J connectivity index is 1.62. The van der Waals surface area contributed by atoms with Crippen molar-refractivity contribution in [1.82, 2.24) is 9.97 Å². The molecule has 0 amide bonds. The first-order valence-electron chi connectivity index (χ1n) is 9.57. The highest BCUT2D eigenvalue weighted by atomic mass is 16.5. The summed E-state index contributed by atoms with van der Waals surface area (Å²) in [6.07, 6.45) is 3.44. The van der Waals surface area contributed by atoms with E-state index in [1.807, 2.05) is 50.2 Å². The summed E-state index contributed by atoms with van der Waals surface area (Å²) in [5.74, 6) is 1.12. The molecular weight excluding hydrogens is 376 g/mol. The number of phenolic OH excluding ortho intramolecular Hbond substituents is 2. The number of phenols is 2. The third kappa shape index (κ3) is 3.57. The molecule has 0 fully saturated rings. The van der Waals surface area contributed by atoms with Gasteiger partial charge in [0.25, 0.3) is 0 Å². The lowest BCUT2D eigenvalue weighted by molar-refractivity contribution is 0.412. The maximum atomic E-state index is 10.4. The van der Waals surface area contributed by atoms with Crippen LogP contribution in [0.2, 0.25) is 0 Å². The highest BCUT2D eigenvalue weighted by molar-refractivity contribution is 5.74. The standard InChI is InChI=1S/C25H22N2O3/c1-15-4-8-20(25(29)16(15)2)17-5-9-22(26-13-17)23-10-6-18(14-27-23)21-12-19(30-3)7-11-24(21)28/h4-14,28-29H,1-3H3. The van der Waals surface area contributed by atoms with Crippen LogP contribution in [0, 0.1) is 13.8 Å². The highest BCUT2D eigenvalue weighted by Crippen LogP contribution is 2.35. The molecule has 5 nitrogen and oxygen atoms in total. The minimum Gasteiger partial charge on any atom is -0.507 e. The number of hydrogen-bond acceptors (Lipinski definition) is 5. The number of aryl methyl sites for hydroxylation is 1. The third-order valence-electron chi connectivity index (χ3n) is 5.32. The topological polar surface area (TPSA) is 75.5 Å². The van der Waals surface area contributed by atoms with Gasteiger partial charge >= 0.3 is 0 Å². The van der Waals surface area contributed by atoms with Gasteiger partial charge in [0.05, 0.1) is 18.5 Å². The second-order valence-electron chi connectivity index (χ2n) is 7.15. The fraction of sp³-hybridized carbons (Fsp3) is 0.120. The summed E-state index contributed by atoms with van der Waals surface area (Å²) >= 11 is 0. The molecule has 150 valence electrons. The first-order chi connectivity index (χ1) is 14.5. The summed E-state index contributed by atoms with van der Waals surface area (Å²) in [4.78, 5) is 9.03. The molecule has 4 rings (SSSR count). The molecule has 0 aliphatic carbocycles. The van der Waals surface area contributed by atoms with Crippen LogP contribution in [0.4, 0.5) is 0 Å². The van der Waals surface area contributed by atoms with Gasteiger partial charge in [-0.2, -0.15) is 0 Å². The Hall–Kier alpha value is -3.86. The van der Waals surface area contributed by atoms with Gasteiger partial charge in [-0.25, -0.2) is 0 Å². The first-order valence-corrected chi connectivity index (χ1v) is 9.57. The SMILES string of the molecule is COc1ccc(O)c(-c2ccc(-c3ccc(-c4ccc(C)c(C)c4O)cn3)nc2)c1. The monoisotopic (exact) mass is 398 g/mol. The van der Waals surface area contributed by atoms with Gasteiger partial charge in [-0.05, 0) is 55.3 Å². The second kappa shape index (κ2) is 7.87. The number of hydrogen-bond donors (Lipinski definition) is 2. The van der Waals surface area contributed by atoms with E-state index in [-0.39, 0.29) is 11.5 Å². The highest BCUT2D eigenvalue weighted by Gasteiger charge is 2.11. The summed E-state index contributed by atoms with van der Waals surface area (Å²) in [5.41, 5.74) is 6.40. The van der Waals surface area contributed by atoms with Crippen LogP contribution < -0.4 is 4.74 Å². The Bertz CT molecular complexity index is 1200. The van der Waals surface area contributed by atoms with Crippen molar-refractivity contribution in [2.75, 3.05) is 7.11 Å². The van der Waals surface area contributed by atoms with E-state index in [4.69, 9.17) is 4.74 Å². The summed E-state index contributed by atoms with van der Waals surface area (Å²) in [5, 5.41) is 20.6. The molecule has 0 aliphatic rings. The Labute approximate surface area is 175 Å². The molecule has 4 aromatic rings. The van der Waals surface area contributed by atoms with E-state index in [1.54, 1.807) is 37.7 Å². The zero-order valence-electron chi connectivity index (χ0n) is 17.0. The number of nitrogens with zero attached hydrogens (tertiary/aromatic N) is 2. The van der Waals surface area contributed by atoms with Crippen molar-refractivity contribution in [1.29, 1.82) is 0 Å². The van der Waals surface area contributed by atoms with Crippen molar-refractivity contribution in [3.8, 4) is 50.9 Å². The molecule has 30 heavy (non-hydrogen) atoms. The molecule has 0 saturated carbocycles. The fourth-order valence-corrected chi connectivity index (χ4v) is 3.32. The van der Waals surface area contributed by atoms with Gasteiger partial charge < -0.3 is 14.9 Å². The van der Waals surface area contributed by atoms with Crippen LogP contribution in [0.1, 0.15) is 11.1 Å². The van der Waals surface area contributed by atoms with Gasteiger partial charge in [-0.3, -0.25) is 9.97 Å². The lowest BCUT2D eigenvalue weighted by Gasteiger charge is -2.10. The molecule has 0 bridgehead atoms. The fourth-order valence-electron chi connectivity index (χ4n) is 3.32. The average molecular weight is 398 g/mol. The molecule has 5 heteroatoms. The largest absolute Gasteiger partial charge is 0.507 e. The van der Waals surface area contributed by atoms with Crippen LogP contribution in [-0.4, -0.2) is 27.3 Å². The van der Waals surface area contributed by atoms with E-state index in [9.17, 15) is 10.2 Å². The molecule has 0 aliphatic heterocycles. The molecule has 0 atom stereocenters. The van der Waals surface area contributed by atoms with Crippen LogP contribution in [0.15, 0.2) is 67.0 Å². The quantitative estimate of drug-likeness (QED) is 0.474. The zero-order chi connectivity index (χ0) is 21.3. The van der Waals surface area contributed by atoms with Crippen LogP contribution in [0.5, 0.6) is 17.2 Å². The molecule has 2 aromatic carbocycles. The molecule has 0 unspecified atom stereocenters. The van der Waals surface area contributed by atoms with E-state index in [1.165, 1.54) is 0 Å². The predicted octanol–water partition coefficient (Wildman–Crippen LogP) is 5.51. The van der Waals surface area contributed by atoms with E-state index in [0.29, 0.717) is 11.3 Å². The molecule has 0 saturated heterocycles. The van der Waals surface area contributed by atoms with Gasteiger partial charge in [-0.15, -0.1) is 0 Å². The van der Waals surface area contributed by atoms with Crippen molar-refractivity contribution in [3.63, 3.8) is 0 Å². The van der Waals surface area contributed by atoms with Crippen LogP contribution in [0.25, 0.3) is 33.6 Å². The molecule has 2 heterocycles. The van der Waals surface area contributed by atoms with Crippen LogP contribution in [-0.2, 0) is 0 Å². The molecule has 0 spiro atoms. The van der Waals surface area contributed by atoms with Gasteiger partial charge in [0.15, 0.2) is 0 Å². The molecule has 2 aromatic heterocycles. The van der Waals surface area contributed by atoms with Crippen molar-refractivity contribution in [2.24, 2.45) is 0 Å². The van der Waals surface area contributed by atoms with E-state index in [0.717, 1.165) is 39.2 Å². The van der Waals surface area contributed by atoms with Crippen molar-refractivity contribution in [2.45, 2.75) is 13.8 Å². The number of aromatic nitrogens is 2. The number of rotatable bonds is 4. The maximum absolute atomic E-state index is 10.4. The minimum atomic E-state index is 0.168. The lowest BCUT2D eigenvalue weighted by atomic mass is 9.99. The Morgan fingerprint density at radius 2 is 1.37 bits per heavy atom. The van der Waals surface area contributed by atoms with Gasteiger partial charge in [0.1, 0.15) is 17.2 Å². The maximum Gasteiger partial charge on any atom is 0.126 e. The Morgan fingerprint density at radius 1 is 0.733 bits per heavy atom. The summed E-state index contributed by atoms with van der Waals surface area (Å²) in [6.45, 7) is 3.88. The summed E-state index contributed by atoms with van der Waals surface area (Å²) in [6, 6.07) is 16.5. The van der Waals surface area contributed by atoms with E-state index >= 15 is 0 Å². The van der Waals surface area contributed by atoms with E-state index in [2.05, 4.69) is 9.97 Å². The number of methoxy groups -OCH3 is 1. The lowest BCUT2D eigenvalue weighted by Crippen LogP contribution is -1.91. The number of pyridine rings is 2. The van der Waals surface area contributed by atoms with Crippen LogP contribution >= 0.6 is 0 Å². The Kier molecular flexibility index (Phi) is 5.11.